The Morgan fingerprint density at radius 3 is 2.66 bits per heavy atom. The first-order valence-electron chi connectivity index (χ1n) is 13.6. The van der Waals surface area contributed by atoms with Crippen LogP contribution in [0.1, 0.15) is 75.0 Å². The smallest absolute Gasteiger partial charge is 0.237 e. The number of amides is 1. The van der Waals surface area contributed by atoms with Crippen molar-refractivity contribution < 1.29 is 13.2 Å². The van der Waals surface area contributed by atoms with Crippen LogP contribution in [0.2, 0.25) is 0 Å². The maximum atomic E-state index is 12.7. The zero-order chi connectivity index (χ0) is 27.0. The number of aromatic amines is 1. The molecule has 0 spiro atoms. The second-order valence-corrected chi connectivity index (χ2v) is 13.1. The fourth-order valence-corrected chi connectivity index (χ4v) is 7.15. The molecule has 1 aliphatic rings. The van der Waals surface area contributed by atoms with Crippen molar-refractivity contribution in [3.63, 3.8) is 0 Å². The number of carbonyl (C=O) groups excluding carboxylic acids is 1. The van der Waals surface area contributed by atoms with E-state index in [0.29, 0.717) is 31.3 Å². The van der Waals surface area contributed by atoms with Crippen molar-refractivity contribution in [2.24, 2.45) is 0 Å². The number of fused-ring (bicyclic) bond motifs is 2. The van der Waals surface area contributed by atoms with E-state index < -0.39 is 9.84 Å². The number of hydrogen-bond donors (Lipinski definition) is 1. The molecule has 8 nitrogen and oxygen atoms in total. The van der Waals surface area contributed by atoms with Crippen LogP contribution < -0.4 is 0 Å². The lowest BCUT2D eigenvalue weighted by molar-refractivity contribution is -0.129. The van der Waals surface area contributed by atoms with E-state index >= 15 is 0 Å². The van der Waals surface area contributed by atoms with Crippen molar-refractivity contribution in [1.82, 2.24) is 24.5 Å². The number of aromatic nitrogens is 4. The number of nitrogens with zero attached hydrogens (tertiary/aromatic N) is 4. The molecule has 0 bridgehead atoms. The molecule has 38 heavy (non-hydrogen) atoms. The van der Waals surface area contributed by atoms with Gasteiger partial charge in [0.2, 0.25) is 5.91 Å². The minimum absolute atomic E-state index is 0.0921. The minimum Gasteiger partial charge on any atom is -0.354 e. The number of carbonyl (C=O) groups is 1. The Balaban J connectivity index is 1.37. The summed E-state index contributed by atoms with van der Waals surface area (Å²) in [7, 11) is -3.33. The highest BCUT2D eigenvalue weighted by Crippen LogP contribution is 2.38. The summed E-state index contributed by atoms with van der Waals surface area (Å²) in [5.74, 6) is 0.122. The maximum Gasteiger partial charge on any atom is 0.237 e. The highest BCUT2D eigenvalue weighted by atomic mass is 32.2. The zero-order valence-electron chi connectivity index (χ0n) is 22.7. The largest absolute Gasteiger partial charge is 0.354 e. The van der Waals surface area contributed by atoms with Crippen LogP contribution >= 0.6 is 0 Å². The number of benzene rings is 1. The van der Waals surface area contributed by atoms with E-state index in [1.165, 1.54) is 16.5 Å². The van der Waals surface area contributed by atoms with Crippen LogP contribution in [-0.4, -0.2) is 63.4 Å². The molecule has 9 heteroatoms. The molecular weight excluding hydrogens is 498 g/mol. The molecule has 0 unspecified atom stereocenters. The van der Waals surface area contributed by atoms with E-state index in [9.17, 15) is 13.2 Å². The van der Waals surface area contributed by atoms with Gasteiger partial charge in [0.15, 0.2) is 15.5 Å². The molecule has 3 aromatic heterocycles. The Bertz CT molecular complexity index is 1580. The zero-order valence-corrected chi connectivity index (χ0v) is 23.5. The topological polar surface area (TPSA) is 100 Å². The van der Waals surface area contributed by atoms with E-state index in [-0.39, 0.29) is 17.4 Å². The molecule has 4 heterocycles. The summed E-state index contributed by atoms with van der Waals surface area (Å²) < 4.78 is 26.3. The van der Waals surface area contributed by atoms with Gasteiger partial charge in [-0.2, -0.15) is 5.10 Å². The Morgan fingerprint density at radius 2 is 1.95 bits per heavy atom. The molecule has 202 valence electrons. The van der Waals surface area contributed by atoms with Gasteiger partial charge in [-0.15, -0.1) is 0 Å². The summed E-state index contributed by atoms with van der Waals surface area (Å²) in [6, 6.07) is 8.83. The summed E-state index contributed by atoms with van der Waals surface area (Å²) in [5.41, 5.74) is 7.80. The van der Waals surface area contributed by atoms with Gasteiger partial charge >= 0.3 is 0 Å². The molecule has 1 saturated heterocycles. The number of aryl methyl sites for hydroxylation is 1. The monoisotopic (exact) mass is 535 g/mol. The van der Waals surface area contributed by atoms with Crippen LogP contribution in [-0.2, 0) is 14.6 Å². The molecule has 4 aromatic rings. The summed E-state index contributed by atoms with van der Waals surface area (Å²) in [5, 5.41) is 5.58. The first kappa shape index (κ1) is 26.4. The molecule has 1 fully saturated rings. The van der Waals surface area contributed by atoms with Gasteiger partial charge in [0.05, 0.1) is 11.4 Å². The number of pyridine rings is 1. The average molecular weight is 536 g/mol. The maximum absolute atomic E-state index is 12.7. The lowest BCUT2D eigenvalue weighted by Crippen LogP contribution is -2.41. The van der Waals surface area contributed by atoms with E-state index in [4.69, 9.17) is 0 Å². The third-order valence-corrected chi connectivity index (χ3v) is 9.36. The van der Waals surface area contributed by atoms with E-state index in [0.717, 1.165) is 47.2 Å². The van der Waals surface area contributed by atoms with E-state index in [1.807, 2.05) is 17.6 Å². The van der Waals surface area contributed by atoms with Gasteiger partial charge in [-0.25, -0.2) is 17.9 Å². The Kier molecular flexibility index (Phi) is 7.31. The van der Waals surface area contributed by atoms with E-state index in [2.05, 4.69) is 60.1 Å². The molecule has 1 aromatic carbocycles. The summed E-state index contributed by atoms with van der Waals surface area (Å²) in [6.45, 7) is 9.64. The van der Waals surface area contributed by atoms with Gasteiger partial charge in [0, 0.05) is 35.8 Å². The number of piperidine rings is 1. The first-order valence-corrected chi connectivity index (χ1v) is 15.4. The minimum atomic E-state index is -3.33. The predicted molar refractivity (Wildman–Crippen MR) is 151 cm³/mol. The third-order valence-electron chi connectivity index (χ3n) is 7.76. The lowest BCUT2D eigenvalue weighted by Gasteiger charge is -2.32. The fourth-order valence-electron chi connectivity index (χ4n) is 5.72. The van der Waals surface area contributed by atoms with Crippen molar-refractivity contribution >= 4 is 32.3 Å². The second-order valence-electron chi connectivity index (χ2n) is 10.9. The van der Waals surface area contributed by atoms with Crippen LogP contribution in [0.4, 0.5) is 0 Å². The third kappa shape index (κ3) is 5.21. The number of sulfone groups is 1. The number of H-pyrrole nitrogens is 1. The number of nitrogens with one attached hydrogen (secondary N) is 1. The van der Waals surface area contributed by atoms with Crippen molar-refractivity contribution in [2.75, 3.05) is 24.6 Å². The Labute approximate surface area is 224 Å². The summed E-state index contributed by atoms with van der Waals surface area (Å²) in [6.07, 6.45) is 6.69. The van der Waals surface area contributed by atoms with E-state index in [1.54, 1.807) is 11.2 Å². The van der Waals surface area contributed by atoms with Crippen LogP contribution in [0.25, 0.3) is 27.8 Å². The molecule has 0 radical (unpaired) electrons. The van der Waals surface area contributed by atoms with Crippen LogP contribution in [0, 0.1) is 6.92 Å². The Hall–Kier alpha value is -3.20. The highest BCUT2D eigenvalue weighted by Gasteiger charge is 2.27. The molecule has 1 aliphatic heterocycles. The molecule has 0 aliphatic carbocycles. The normalized spacial score (nSPS) is 15.2. The van der Waals surface area contributed by atoms with Crippen LogP contribution in [0.15, 0.2) is 36.8 Å². The fraction of sp³-hybridized carbons (Fsp3) is 0.483. The number of rotatable bonds is 8. The van der Waals surface area contributed by atoms with Gasteiger partial charge in [0.1, 0.15) is 12.1 Å². The molecular formula is C29H37N5O3S. The van der Waals surface area contributed by atoms with Crippen molar-refractivity contribution in [2.45, 2.75) is 65.2 Å². The molecule has 1 N–H and O–H groups in total. The van der Waals surface area contributed by atoms with Gasteiger partial charge in [-0.1, -0.05) is 33.3 Å². The van der Waals surface area contributed by atoms with Gasteiger partial charge in [-0.3, -0.25) is 4.79 Å². The van der Waals surface area contributed by atoms with Gasteiger partial charge in [-0.05, 0) is 72.9 Å². The van der Waals surface area contributed by atoms with Crippen LogP contribution in [0.5, 0.6) is 0 Å². The lowest BCUT2D eigenvalue weighted by atomic mass is 9.87. The SMILES string of the molecule is CCCCS(=O)(=O)CC(=O)N1CCC(c2ccc3[nH]c(-c4cc(C)c5ncnn5c4)c(C(C)C)c3c2)CC1. The Morgan fingerprint density at radius 1 is 1.18 bits per heavy atom. The van der Waals surface area contributed by atoms with Crippen molar-refractivity contribution in [1.29, 1.82) is 0 Å². The van der Waals surface area contributed by atoms with Gasteiger partial charge in [0.25, 0.3) is 0 Å². The quantitative estimate of drug-likeness (QED) is 0.333. The number of hydrogen-bond acceptors (Lipinski definition) is 5. The number of unbranched alkanes of at least 4 members (excludes halogenated alkanes) is 1. The molecule has 1 amide bonds. The van der Waals surface area contributed by atoms with Gasteiger partial charge < -0.3 is 9.88 Å². The second kappa shape index (κ2) is 10.5. The highest BCUT2D eigenvalue weighted by molar-refractivity contribution is 7.92. The molecule has 0 atom stereocenters. The van der Waals surface area contributed by atoms with Crippen molar-refractivity contribution in [3.8, 4) is 11.3 Å². The molecule has 0 saturated carbocycles. The predicted octanol–water partition coefficient (Wildman–Crippen LogP) is 5.23. The standard InChI is InChI=1S/C29H37N5O3S/c1-5-6-13-38(36,37)17-26(35)33-11-9-21(10-12-33)22-7-8-25-24(15-22)27(19(2)3)28(32-25)23-14-20(4)29-30-18-31-34(29)16-23/h7-8,14-16,18-19,21,32H,5-6,9-13,17H2,1-4H3. The molecule has 5 rings (SSSR count). The summed E-state index contributed by atoms with van der Waals surface area (Å²) >= 11 is 0. The van der Waals surface area contributed by atoms with Crippen LogP contribution in [0.3, 0.4) is 0 Å². The number of likely N-dealkylation sites (tertiary alicyclic amines) is 1. The first-order chi connectivity index (χ1) is 18.2. The van der Waals surface area contributed by atoms with Crippen molar-refractivity contribution in [3.05, 3.63) is 53.5 Å². The summed E-state index contributed by atoms with van der Waals surface area (Å²) in [4.78, 5) is 22.4. The average Bonchev–Trinajstić information content (AvgIpc) is 3.52.